The summed E-state index contributed by atoms with van der Waals surface area (Å²) in [5, 5.41) is 4.83. The summed E-state index contributed by atoms with van der Waals surface area (Å²) in [4.78, 5) is 12.1. The fourth-order valence-electron chi connectivity index (χ4n) is 2.28. The second-order valence-corrected chi connectivity index (χ2v) is 4.71. The summed E-state index contributed by atoms with van der Waals surface area (Å²) >= 11 is 0. The normalized spacial score (nSPS) is 18.2. The van der Waals surface area contributed by atoms with E-state index in [0.29, 0.717) is 17.9 Å². The van der Waals surface area contributed by atoms with Gasteiger partial charge in [-0.05, 0) is 30.5 Å². The molecule has 1 N–H and O–H groups in total. The maximum Gasteiger partial charge on any atom is 0.255 e. The number of hydrogen-bond acceptors (Lipinski definition) is 3. The Labute approximate surface area is 111 Å². The van der Waals surface area contributed by atoms with E-state index in [1.165, 1.54) is 0 Å². The van der Waals surface area contributed by atoms with Crippen LogP contribution < -0.4 is 14.8 Å². The standard InChI is InChI=1S/C15H15NO3/c1-9-8-19-14-12(15(17)16-9)6-4-10-3-5-11(18-2)7-13(10)14/h3-7,9H,8H2,1-2H3,(H,16,17)/t9-/m1/s1. The largest absolute Gasteiger partial charge is 0.497 e. The summed E-state index contributed by atoms with van der Waals surface area (Å²) in [5.74, 6) is 1.30. The number of methoxy groups -OCH3 is 1. The second-order valence-electron chi connectivity index (χ2n) is 4.71. The first-order valence-corrected chi connectivity index (χ1v) is 6.23. The summed E-state index contributed by atoms with van der Waals surface area (Å²) in [6.07, 6.45) is 0. The third kappa shape index (κ3) is 1.99. The molecule has 19 heavy (non-hydrogen) atoms. The summed E-state index contributed by atoms with van der Waals surface area (Å²) in [6, 6.07) is 9.49. The van der Waals surface area contributed by atoms with Crippen molar-refractivity contribution < 1.29 is 14.3 Å². The molecule has 4 nitrogen and oxygen atoms in total. The third-order valence-electron chi connectivity index (χ3n) is 3.28. The predicted molar refractivity (Wildman–Crippen MR) is 72.9 cm³/mol. The highest BCUT2D eigenvalue weighted by Crippen LogP contribution is 2.33. The quantitative estimate of drug-likeness (QED) is 0.853. The van der Waals surface area contributed by atoms with Crippen molar-refractivity contribution in [1.82, 2.24) is 5.32 Å². The number of hydrogen-bond donors (Lipinski definition) is 1. The summed E-state index contributed by atoms with van der Waals surface area (Å²) in [5.41, 5.74) is 0.574. The number of nitrogens with one attached hydrogen (secondary N) is 1. The Hall–Kier alpha value is -2.23. The number of carbonyl (C=O) groups is 1. The molecule has 98 valence electrons. The van der Waals surface area contributed by atoms with Crippen LogP contribution in [0.4, 0.5) is 0 Å². The average Bonchev–Trinajstić information content (AvgIpc) is 2.57. The Balaban J connectivity index is 2.24. The zero-order valence-electron chi connectivity index (χ0n) is 10.9. The van der Waals surface area contributed by atoms with Gasteiger partial charge in [-0.2, -0.15) is 0 Å². The van der Waals surface area contributed by atoms with Crippen molar-refractivity contribution in [2.75, 3.05) is 13.7 Å². The number of rotatable bonds is 1. The van der Waals surface area contributed by atoms with Crippen LogP contribution in [0.5, 0.6) is 11.5 Å². The Morgan fingerprint density at radius 1 is 1.32 bits per heavy atom. The molecule has 0 saturated carbocycles. The molecule has 0 spiro atoms. The predicted octanol–water partition coefficient (Wildman–Crippen LogP) is 2.36. The van der Waals surface area contributed by atoms with Crippen LogP contribution in [0.1, 0.15) is 17.3 Å². The molecule has 0 aromatic heterocycles. The molecule has 0 bridgehead atoms. The zero-order chi connectivity index (χ0) is 13.4. The minimum Gasteiger partial charge on any atom is -0.497 e. The Bertz CT molecular complexity index is 651. The lowest BCUT2D eigenvalue weighted by Crippen LogP contribution is -2.33. The number of fused-ring (bicyclic) bond motifs is 3. The van der Waals surface area contributed by atoms with Gasteiger partial charge in [0.15, 0.2) is 0 Å². The van der Waals surface area contributed by atoms with Gasteiger partial charge in [0, 0.05) is 5.39 Å². The number of amides is 1. The molecular weight excluding hydrogens is 242 g/mol. The van der Waals surface area contributed by atoms with Crippen molar-refractivity contribution >= 4 is 16.7 Å². The van der Waals surface area contributed by atoms with E-state index in [1.54, 1.807) is 13.2 Å². The fourth-order valence-corrected chi connectivity index (χ4v) is 2.28. The van der Waals surface area contributed by atoms with Gasteiger partial charge in [0.1, 0.15) is 18.1 Å². The van der Waals surface area contributed by atoms with Crippen LogP contribution in [-0.4, -0.2) is 25.7 Å². The molecule has 1 atom stereocenters. The highest BCUT2D eigenvalue weighted by molar-refractivity contribution is 6.04. The monoisotopic (exact) mass is 257 g/mol. The van der Waals surface area contributed by atoms with E-state index in [0.717, 1.165) is 16.5 Å². The van der Waals surface area contributed by atoms with Gasteiger partial charge in [-0.25, -0.2) is 0 Å². The Morgan fingerprint density at radius 2 is 2.11 bits per heavy atom. The first-order chi connectivity index (χ1) is 9.19. The van der Waals surface area contributed by atoms with Gasteiger partial charge in [-0.1, -0.05) is 12.1 Å². The number of carbonyl (C=O) groups excluding carboxylic acids is 1. The Morgan fingerprint density at radius 3 is 2.89 bits per heavy atom. The van der Waals surface area contributed by atoms with E-state index >= 15 is 0 Å². The van der Waals surface area contributed by atoms with Gasteiger partial charge < -0.3 is 14.8 Å². The van der Waals surface area contributed by atoms with Crippen molar-refractivity contribution in [2.24, 2.45) is 0 Å². The van der Waals surface area contributed by atoms with E-state index in [9.17, 15) is 4.79 Å². The van der Waals surface area contributed by atoms with Crippen LogP contribution in [0.2, 0.25) is 0 Å². The van der Waals surface area contributed by atoms with E-state index in [1.807, 2.05) is 31.2 Å². The molecule has 0 radical (unpaired) electrons. The molecular formula is C15H15NO3. The topological polar surface area (TPSA) is 47.6 Å². The van der Waals surface area contributed by atoms with Crippen LogP contribution in [0.15, 0.2) is 30.3 Å². The SMILES string of the molecule is COc1ccc2ccc3c(c2c1)OC[C@@H](C)NC3=O. The number of ether oxygens (including phenoxy) is 2. The van der Waals surface area contributed by atoms with Crippen molar-refractivity contribution in [3.05, 3.63) is 35.9 Å². The van der Waals surface area contributed by atoms with E-state index in [2.05, 4.69) is 5.32 Å². The van der Waals surface area contributed by atoms with Gasteiger partial charge >= 0.3 is 0 Å². The lowest BCUT2D eigenvalue weighted by Gasteiger charge is -2.11. The van der Waals surface area contributed by atoms with Crippen LogP contribution in [0.25, 0.3) is 10.8 Å². The maximum atomic E-state index is 12.1. The van der Waals surface area contributed by atoms with Gasteiger partial charge in [0.05, 0.1) is 18.7 Å². The molecule has 1 amide bonds. The number of benzene rings is 2. The van der Waals surface area contributed by atoms with Crippen LogP contribution in [0.3, 0.4) is 0 Å². The van der Waals surface area contributed by atoms with E-state index < -0.39 is 0 Å². The van der Waals surface area contributed by atoms with Gasteiger partial charge in [0.2, 0.25) is 0 Å². The molecule has 3 rings (SSSR count). The highest BCUT2D eigenvalue weighted by atomic mass is 16.5. The molecule has 0 fully saturated rings. The molecule has 0 aliphatic carbocycles. The average molecular weight is 257 g/mol. The molecule has 1 heterocycles. The van der Waals surface area contributed by atoms with Gasteiger partial charge in [-0.3, -0.25) is 4.79 Å². The van der Waals surface area contributed by atoms with Crippen molar-refractivity contribution in [1.29, 1.82) is 0 Å². The van der Waals surface area contributed by atoms with E-state index in [-0.39, 0.29) is 11.9 Å². The molecule has 0 unspecified atom stereocenters. The highest BCUT2D eigenvalue weighted by Gasteiger charge is 2.22. The summed E-state index contributed by atoms with van der Waals surface area (Å²) < 4.78 is 11.0. The summed E-state index contributed by atoms with van der Waals surface area (Å²) in [7, 11) is 1.62. The molecule has 1 aliphatic heterocycles. The minimum absolute atomic E-state index is 0.000516. The second kappa shape index (κ2) is 4.46. The molecule has 4 heteroatoms. The van der Waals surface area contributed by atoms with Crippen molar-refractivity contribution in [3.8, 4) is 11.5 Å². The van der Waals surface area contributed by atoms with Crippen molar-refractivity contribution in [2.45, 2.75) is 13.0 Å². The first-order valence-electron chi connectivity index (χ1n) is 6.23. The molecule has 2 aromatic rings. The third-order valence-corrected chi connectivity index (χ3v) is 3.28. The van der Waals surface area contributed by atoms with Crippen molar-refractivity contribution in [3.63, 3.8) is 0 Å². The lowest BCUT2D eigenvalue weighted by molar-refractivity contribution is 0.0942. The van der Waals surface area contributed by atoms with Crippen LogP contribution in [0, 0.1) is 0 Å². The van der Waals surface area contributed by atoms with Gasteiger partial charge in [0.25, 0.3) is 5.91 Å². The molecule has 0 saturated heterocycles. The van der Waals surface area contributed by atoms with Gasteiger partial charge in [-0.15, -0.1) is 0 Å². The fraction of sp³-hybridized carbons (Fsp3) is 0.267. The molecule has 2 aromatic carbocycles. The maximum absolute atomic E-state index is 12.1. The van der Waals surface area contributed by atoms with Crippen LogP contribution >= 0.6 is 0 Å². The van der Waals surface area contributed by atoms with Crippen LogP contribution in [-0.2, 0) is 0 Å². The minimum atomic E-state index is -0.0929. The summed E-state index contributed by atoms with van der Waals surface area (Å²) in [6.45, 7) is 2.39. The Kier molecular flexibility index (Phi) is 2.78. The van der Waals surface area contributed by atoms with E-state index in [4.69, 9.17) is 9.47 Å². The first kappa shape index (κ1) is 11.8. The smallest absolute Gasteiger partial charge is 0.255 e. The molecule has 1 aliphatic rings. The lowest BCUT2D eigenvalue weighted by atomic mass is 10.0. The zero-order valence-corrected chi connectivity index (χ0v) is 10.9.